The van der Waals surface area contributed by atoms with Crippen LogP contribution in [0.5, 0.6) is 0 Å². The third-order valence-corrected chi connectivity index (χ3v) is 2.88. The molecule has 2 N–H and O–H groups in total. The van der Waals surface area contributed by atoms with Crippen LogP contribution >= 0.6 is 0 Å². The number of aromatic nitrogens is 2. The highest BCUT2D eigenvalue weighted by atomic mass is 16.5. The van der Waals surface area contributed by atoms with Crippen LogP contribution in [0.25, 0.3) is 0 Å². The topological polar surface area (TPSA) is 68.2 Å². The highest BCUT2D eigenvalue weighted by Gasteiger charge is 2.18. The molecule has 5 heteroatoms. The molecule has 90 valence electrons. The van der Waals surface area contributed by atoms with Gasteiger partial charge in [-0.05, 0) is 25.8 Å². The molecule has 1 fully saturated rings. The van der Waals surface area contributed by atoms with Crippen molar-refractivity contribution < 1.29 is 4.52 Å². The summed E-state index contributed by atoms with van der Waals surface area (Å²) < 4.78 is 5.21. The lowest BCUT2D eigenvalue weighted by molar-refractivity contribution is 0.178. The molecule has 0 amide bonds. The fourth-order valence-corrected chi connectivity index (χ4v) is 2.11. The zero-order chi connectivity index (χ0) is 11.4. The van der Waals surface area contributed by atoms with Gasteiger partial charge in [-0.25, -0.2) is 0 Å². The number of aryl methyl sites for hydroxylation is 1. The number of hydrogen-bond donors (Lipinski definition) is 1. The second kappa shape index (κ2) is 5.41. The molecule has 1 atom stereocenters. The first-order chi connectivity index (χ1) is 7.78. The molecule has 2 heterocycles. The van der Waals surface area contributed by atoms with Crippen LogP contribution in [-0.2, 0) is 13.0 Å². The van der Waals surface area contributed by atoms with E-state index in [0.29, 0.717) is 6.04 Å². The lowest BCUT2D eigenvalue weighted by atomic mass is 10.1. The first kappa shape index (κ1) is 11.5. The Kier molecular flexibility index (Phi) is 3.90. The molecule has 0 saturated carbocycles. The molecule has 1 aromatic heterocycles. The van der Waals surface area contributed by atoms with Gasteiger partial charge >= 0.3 is 0 Å². The minimum Gasteiger partial charge on any atom is -0.338 e. The summed E-state index contributed by atoms with van der Waals surface area (Å²) in [6, 6.07) is 0.298. The van der Waals surface area contributed by atoms with E-state index in [1.165, 1.54) is 0 Å². The number of rotatable bonds is 4. The monoisotopic (exact) mass is 224 g/mol. The molecule has 1 aliphatic rings. The molecule has 5 nitrogen and oxygen atoms in total. The van der Waals surface area contributed by atoms with E-state index in [4.69, 9.17) is 10.3 Å². The van der Waals surface area contributed by atoms with Crippen LogP contribution in [-0.4, -0.2) is 34.2 Å². The smallest absolute Gasteiger partial charge is 0.240 e. The zero-order valence-electron chi connectivity index (χ0n) is 9.85. The maximum Gasteiger partial charge on any atom is 0.240 e. The Morgan fingerprint density at radius 2 is 2.44 bits per heavy atom. The van der Waals surface area contributed by atoms with Crippen LogP contribution in [0.2, 0.25) is 0 Å². The Balaban J connectivity index is 1.87. The van der Waals surface area contributed by atoms with Gasteiger partial charge < -0.3 is 10.3 Å². The van der Waals surface area contributed by atoms with E-state index in [9.17, 15) is 0 Å². The van der Waals surface area contributed by atoms with Gasteiger partial charge in [0.2, 0.25) is 5.89 Å². The zero-order valence-corrected chi connectivity index (χ0v) is 9.85. The molecular weight excluding hydrogens is 204 g/mol. The summed E-state index contributed by atoms with van der Waals surface area (Å²) in [5.41, 5.74) is 5.92. The van der Waals surface area contributed by atoms with Gasteiger partial charge in [-0.2, -0.15) is 4.98 Å². The Morgan fingerprint density at radius 3 is 3.19 bits per heavy atom. The van der Waals surface area contributed by atoms with Crippen molar-refractivity contribution in [2.45, 2.75) is 45.2 Å². The summed E-state index contributed by atoms with van der Waals surface area (Å²) in [5.74, 6) is 1.54. The molecule has 0 aliphatic carbocycles. The summed E-state index contributed by atoms with van der Waals surface area (Å²) in [7, 11) is 0. The average Bonchev–Trinajstić information content (AvgIpc) is 2.66. The fourth-order valence-electron chi connectivity index (χ4n) is 2.11. The molecular formula is C11H20N4O. The van der Waals surface area contributed by atoms with Gasteiger partial charge in [-0.1, -0.05) is 12.1 Å². The number of likely N-dealkylation sites (tertiary alicyclic amines) is 1. The summed E-state index contributed by atoms with van der Waals surface area (Å²) in [5, 5.41) is 3.95. The van der Waals surface area contributed by atoms with Crippen molar-refractivity contribution >= 4 is 0 Å². The normalized spacial score (nSPS) is 22.5. The van der Waals surface area contributed by atoms with E-state index in [2.05, 4.69) is 22.0 Å². The Labute approximate surface area is 96.0 Å². The molecule has 2 rings (SSSR count). The molecule has 0 unspecified atom stereocenters. The predicted molar refractivity (Wildman–Crippen MR) is 60.8 cm³/mol. The second-order valence-electron chi connectivity index (χ2n) is 4.49. The highest BCUT2D eigenvalue weighted by molar-refractivity contribution is 4.87. The minimum absolute atomic E-state index is 0.298. The van der Waals surface area contributed by atoms with Gasteiger partial charge in [0.25, 0.3) is 0 Å². The van der Waals surface area contributed by atoms with Gasteiger partial charge in [0.1, 0.15) is 0 Å². The van der Waals surface area contributed by atoms with Crippen molar-refractivity contribution in [2.24, 2.45) is 5.73 Å². The minimum atomic E-state index is 0.298. The predicted octanol–water partition coefficient (Wildman–Crippen LogP) is 0.945. The van der Waals surface area contributed by atoms with Gasteiger partial charge in [-0.15, -0.1) is 0 Å². The highest BCUT2D eigenvalue weighted by Crippen LogP contribution is 2.11. The summed E-state index contributed by atoms with van der Waals surface area (Å²) >= 11 is 0. The van der Waals surface area contributed by atoms with Crippen molar-refractivity contribution in [1.29, 1.82) is 0 Å². The molecule has 16 heavy (non-hydrogen) atoms. The lowest BCUT2D eigenvalue weighted by Gasteiger charge is -2.29. The van der Waals surface area contributed by atoms with Gasteiger partial charge in [0, 0.05) is 19.0 Å². The standard InChI is InChI=1S/C11H20N4O/c1-2-4-10-13-11(16-14-10)8-15-6-3-5-9(12)7-15/h9H,2-8,12H2,1H3/t9-/m1/s1. The van der Waals surface area contributed by atoms with E-state index in [0.717, 1.165) is 57.0 Å². The number of nitrogens with zero attached hydrogens (tertiary/aromatic N) is 3. The van der Waals surface area contributed by atoms with E-state index in [1.54, 1.807) is 0 Å². The Hall–Kier alpha value is -0.940. The van der Waals surface area contributed by atoms with E-state index in [-0.39, 0.29) is 0 Å². The van der Waals surface area contributed by atoms with Crippen LogP contribution in [0.15, 0.2) is 4.52 Å². The van der Waals surface area contributed by atoms with Crippen LogP contribution in [0, 0.1) is 0 Å². The Bertz CT molecular complexity index is 326. The van der Waals surface area contributed by atoms with E-state index in [1.807, 2.05) is 0 Å². The first-order valence-electron chi connectivity index (χ1n) is 6.07. The molecule has 0 bridgehead atoms. The van der Waals surface area contributed by atoms with Crippen LogP contribution in [0.4, 0.5) is 0 Å². The number of nitrogens with two attached hydrogens (primary N) is 1. The summed E-state index contributed by atoms with van der Waals surface area (Å²) in [6.45, 7) is 4.87. The first-order valence-corrected chi connectivity index (χ1v) is 6.07. The Morgan fingerprint density at radius 1 is 1.56 bits per heavy atom. The van der Waals surface area contributed by atoms with Crippen molar-refractivity contribution in [1.82, 2.24) is 15.0 Å². The second-order valence-corrected chi connectivity index (χ2v) is 4.49. The third kappa shape index (κ3) is 3.02. The van der Waals surface area contributed by atoms with Crippen molar-refractivity contribution in [2.75, 3.05) is 13.1 Å². The lowest BCUT2D eigenvalue weighted by Crippen LogP contribution is -2.42. The quantitative estimate of drug-likeness (QED) is 0.824. The van der Waals surface area contributed by atoms with Crippen molar-refractivity contribution in [3.63, 3.8) is 0 Å². The maximum atomic E-state index is 5.92. The fraction of sp³-hybridized carbons (Fsp3) is 0.818. The van der Waals surface area contributed by atoms with E-state index >= 15 is 0 Å². The SMILES string of the molecule is CCCc1noc(CN2CCC[C@@H](N)C2)n1. The molecule has 0 radical (unpaired) electrons. The maximum absolute atomic E-state index is 5.92. The third-order valence-electron chi connectivity index (χ3n) is 2.88. The summed E-state index contributed by atoms with van der Waals surface area (Å²) in [6.07, 6.45) is 4.23. The van der Waals surface area contributed by atoms with Gasteiger partial charge in [-0.3, -0.25) is 4.90 Å². The summed E-state index contributed by atoms with van der Waals surface area (Å²) in [4.78, 5) is 6.65. The van der Waals surface area contributed by atoms with Crippen molar-refractivity contribution in [3.8, 4) is 0 Å². The van der Waals surface area contributed by atoms with Gasteiger partial charge in [0.15, 0.2) is 5.82 Å². The van der Waals surface area contributed by atoms with Gasteiger partial charge in [0.05, 0.1) is 6.54 Å². The number of piperidine rings is 1. The average molecular weight is 224 g/mol. The molecule has 1 saturated heterocycles. The molecule has 0 spiro atoms. The van der Waals surface area contributed by atoms with Crippen LogP contribution in [0.1, 0.15) is 37.9 Å². The number of hydrogen-bond acceptors (Lipinski definition) is 5. The van der Waals surface area contributed by atoms with E-state index < -0.39 is 0 Å². The van der Waals surface area contributed by atoms with Crippen LogP contribution in [0.3, 0.4) is 0 Å². The molecule has 1 aromatic rings. The molecule has 0 aromatic carbocycles. The molecule has 1 aliphatic heterocycles. The van der Waals surface area contributed by atoms with Crippen LogP contribution < -0.4 is 5.73 Å². The van der Waals surface area contributed by atoms with Crippen molar-refractivity contribution in [3.05, 3.63) is 11.7 Å². The largest absolute Gasteiger partial charge is 0.338 e.